The van der Waals surface area contributed by atoms with Crippen molar-refractivity contribution >= 4 is 15.9 Å². The van der Waals surface area contributed by atoms with E-state index in [0.717, 1.165) is 4.47 Å². The Hall–Kier alpha value is -1.39. The van der Waals surface area contributed by atoms with Gasteiger partial charge < -0.3 is 9.84 Å². The lowest BCUT2D eigenvalue weighted by Crippen LogP contribution is -1.89. The van der Waals surface area contributed by atoms with Crippen molar-refractivity contribution in [2.75, 3.05) is 0 Å². The Bertz CT molecular complexity index is 511. The highest BCUT2D eigenvalue weighted by Crippen LogP contribution is 2.25. The van der Waals surface area contributed by atoms with E-state index in [9.17, 15) is 4.39 Å². The molecule has 0 bridgehead atoms. The lowest BCUT2D eigenvalue weighted by Gasteiger charge is -2.07. The SMILES string of the molecule is OCc1cc(F)cc(Oc2ccc(Br)cc2)c1. The van der Waals surface area contributed by atoms with Crippen LogP contribution < -0.4 is 4.74 Å². The highest BCUT2D eigenvalue weighted by atomic mass is 79.9. The zero-order chi connectivity index (χ0) is 12.3. The van der Waals surface area contributed by atoms with Gasteiger partial charge in [-0.05, 0) is 42.0 Å². The summed E-state index contributed by atoms with van der Waals surface area (Å²) < 4.78 is 19.6. The molecule has 0 aromatic heterocycles. The van der Waals surface area contributed by atoms with E-state index < -0.39 is 5.82 Å². The van der Waals surface area contributed by atoms with Gasteiger partial charge in [0.1, 0.15) is 17.3 Å². The van der Waals surface area contributed by atoms with Crippen LogP contribution in [0.25, 0.3) is 0 Å². The number of rotatable bonds is 3. The zero-order valence-electron chi connectivity index (χ0n) is 8.86. The second kappa shape index (κ2) is 5.29. The molecule has 2 aromatic carbocycles. The standard InChI is InChI=1S/C13H10BrFO2/c14-10-1-3-12(4-2-10)17-13-6-9(8-16)5-11(15)7-13/h1-7,16H,8H2. The lowest BCUT2D eigenvalue weighted by molar-refractivity contribution is 0.280. The first-order valence-corrected chi connectivity index (χ1v) is 5.80. The second-order valence-corrected chi connectivity index (χ2v) is 4.42. The first kappa shape index (κ1) is 12.1. The summed E-state index contributed by atoms with van der Waals surface area (Å²) >= 11 is 3.32. The third-order valence-corrected chi connectivity index (χ3v) is 2.69. The van der Waals surface area contributed by atoms with Gasteiger partial charge in [-0.15, -0.1) is 0 Å². The molecule has 17 heavy (non-hydrogen) atoms. The van der Waals surface area contributed by atoms with E-state index >= 15 is 0 Å². The van der Waals surface area contributed by atoms with Gasteiger partial charge in [-0.1, -0.05) is 15.9 Å². The Kier molecular flexibility index (Phi) is 3.76. The van der Waals surface area contributed by atoms with Crippen LogP contribution in [0.2, 0.25) is 0 Å². The Morgan fingerprint density at radius 1 is 1.06 bits per heavy atom. The van der Waals surface area contributed by atoms with Crippen LogP contribution in [0, 0.1) is 5.82 Å². The average molecular weight is 297 g/mol. The Morgan fingerprint density at radius 2 is 1.76 bits per heavy atom. The fourth-order valence-electron chi connectivity index (χ4n) is 1.41. The third-order valence-electron chi connectivity index (χ3n) is 2.16. The van der Waals surface area contributed by atoms with Crippen molar-refractivity contribution in [2.24, 2.45) is 0 Å². The maximum absolute atomic E-state index is 13.2. The van der Waals surface area contributed by atoms with Crippen molar-refractivity contribution in [1.29, 1.82) is 0 Å². The molecule has 0 saturated heterocycles. The molecule has 0 heterocycles. The summed E-state index contributed by atoms with van der Waals surface area (Å²) in [6.07, 6.45) is 0. The second-order valence-electron chi connectivity index (χ2n) is 3.51. The van der Waals surface area contributed by atoms with Crippen molar-refractivity contribution in [1.82, 2.24) is 0 Å². The normalized spacial score (nSPS) is 10.3. The molecule has 0 aliphatic carbocycles. The van der Waals surface area contributed by atoms with Crippen molar-refractivity contribution < 1.29 is 14.2 Å². The molecule has 0 unspecified atom stereocenters. The molecular formula is C13H10BrFO2. The van der Waals surface area contributed by atoms with E-state index in [2.05, 4.69) is 15.9 Å². The predicted octanol–water partition coefficient (Wildman–Crippen LogP) is 3.87. The first-order chi connectivity index (χ1) is 8.17. The fourth-order valence-corrected chi connectivity index (χ4v) is 1.67. The van der Waals surface area contributed by atoms with E-state index in [0.29, 0.717) is 17.1 Å². The van der Waals surface area contributed by atoms with Gasteiger partial charge in [0.05, 0.1) is 6.61 Å². The summed E-state index contributed by atoms with van der Waals surface area (Å²) in [5.74, 6) is 0.558. The average Bonchev–Trinajstić information content (AvgIpc) is 2.31. The van der Waals surface area contributed by atoms with E-state index in [-0.39, 0.29) is 6.61 Å². The molecule has 0 fully saturated rings. The Balaban J connectivity index is 2.23. The molecule has 0 spiro atoms. The predicted molar refractivity (Wildman–Crippen MR) is 66.5 cm³/mol. The molecule has 88 valence electrons. The highest BCUT2D eigenvalue weighted by molar-refractivity contribution is 9.10. The van der Waals surface area contributed by atoms with Crippen molar-refractivity contribution in [3.05, 3.63) is 58.3 Å². The molecule has 0 aliphatic heterocycles. The molecule has 0 amide bonds. The van der Waals surface area contributed by atoms with Crippen molar-refractivity contribution in [3.8, 4) is 11.5 Å². The summed E-state index contributed by atoms with van der Waals surface area (Å²) in [5, 5.41) is 8.96. The fraction of sp³-hybridized carbons (Fsp3) is 0.0769. The van der Waals surface area contributed by atoms with Gasteiger partial charge in [0.15, 0.2) is 0 Å². The molecule has 1 N–H and O–H groups in total. The number of hydrogen-bond donors (Lipinski definition) is 1. The van der Waals surface area contributed by atoms with Gasteiger partial charge in [-0.2, -0.15) is 0 Å². The Labute approximate surface area is 107 Å². The molecular weight excluding hydrogens is 287 g/mol. The maximum atomic E-state index is 13.2. The van der Waals surface area contributed by atoms with Gasteiger partial charge >= 0.3 is 0 Å². The lowest BCUT2D eigenvalue weighted by atomic mass is 10.2. The van der Waals surface area contributed by atoms with Crippen LogP contribution in [0.1, 0.15) is 5.56 Å². The monoisotopic (exact) mass is 296 g/mol. The van der Waals surface area contributed by atoms with Crippen molar-refractivity contribution in [3.63, 3.8) is 0 Å². The number of halogens is 2. The van der Waals surface area contributed by atoms with E-state index in [1.165, 1.54) is 12.1 Å². The smallest absolute Gasteiger partial charge is 0.130 e. The van der Waals surface area contributed by atoms with Gasteiger partial charge in [-0.3, -0.25) is 0 Å². The van der Waals surface area contributed by atoms with Crippen LogP contribution in [0.5, 0.6) is 11.5 Å². The minimum Gasteiger partial charge on any atom is -0.457 e. The molecule has 0 saturated carbocycles. The summed E-state index contributed by atoms with van der Waals surface area (Å²) in [6.45, 7) is -0.214. The van der Waals surface area contributed by atoms with Gasteiger partial charge in [0.2, 0.25) is 0 Å². The van der Waals surface area contributed by atoms with Crippen LogP contribution in [0.15, 0.2) is 46.9 Å². The number of aliphatic hydroxyl groups excluding tert-OH is 1. The maximum Gasteiger partial charge on any atom is 0.130 e. The van der Waals surface area contributed by atoms with Gasteiger partial charge in [0, 0.05) is 10.5 Å². The number of ether oxygens (including phenoxy) is 1. The molecule has 0 aliphatic rings. The number of benzene rings is 2. The van der Waals surface area contributed by atoms with Crippen LogP contribution in [0.4, 0.5) is 4.39 Å². The highest BCUT2D eigenvalue weighted by Gasteiger charge is 2.02. The Morgan fingerprint density at radius 3 is 2.41 bits per heavy atom. The minimum absolute atomic E-state index is 0.214. The quantitative estimate of drug-likeness (QED) is 0.931. The zero-order valence-corrected chi connectivity index (χ0v) is 10.4. The van der Waals surface area contributed by atoms with E-state index in [4.69, 9.17) is 9.84 Å². The summed E-state index contributed by atoms with van der Waals surface area (Å²) in [5.41, 5.74) is 0.483. The molecule has 2 nitrogen and oxygen atoms in total. The summed E-state index contributed by atoms with van der Waals surface area (Å²) in [4.78, 5) is 0. The molecule has 0 radical (unpaired) electrons. The molecule has 2 rings (SSSR count). The minimum atomic E-state index is -0.427. The van der Waals surface area contributed by atoms with Gasteiger partial charge in [-0.25, -0.2) is 4.39 Å². The summed E-state index contributed by atoms with van der Waals surface area (Å²) in [6, 6.07) is 11.4. The van der Waals surface area contributed by atoms with Crippen molar-refractivity contribution in [2.45, 2.75) is 6.61 Å². The third kappa shape index (κ3) is 3.28. The summed E-state index contributed by atoms with van der Waals surface area (Å²) in [7, 11) is 0. The largest absolute Gasteiger partial charge is 0.457 e. The molecule has 4 heteroatoms. The van der Waals surface area contributed by atoms with E-state index in [1.807, 2.05) is 12.1 Å². The topological polar surface area (TPSA) is 29.5 Å². The number of hydrogen-bond acceptors (Lipinski definition) is 2. The van der Waals surface area contributed by atoms with Crippen LogP contribution in [-0.2, 0) is 6.61 Å². The van der Waals surface area contributed by atoms with Crippen LogP contribution in [-0.4, -0.2) is 5.11 Å². The van der Waals surface area contributed by atoms with Crippen LogP contribution >= 0.6 is 15.9 Å². The first-order valence-electron chi connectivity index (χ1n) is 5.01. The number of aliphatic hydroxyl groups is 1. The molecule has 0 atom stereocenters. The van der Waals surface area contributed by atoms with Crippen LogP contribution in [0.3, 0.4) is 0 Å². The van der Waals surface area contributed by atoms with E-state index in [1.54, 1.807) is 18.2 Å². The van der Waals surface area contributed by atoms with Gasteiger partial charge in [0.25, 0.3) is 0 Å². The molecule has 2 aromatic rings.